The van der Waals surface area contributed by atoms with Crippen molar-refractivity contribution in [3.63, 3.8) is 0 Å². The number of carbonyl (C=O) groups excluding carboxylic acids is 1. The van der Waals surface area contributed by atoms with E-state index < -0.39 is 0 Å². The minimum absolute atomic E-state index is 0.00900. The number of benzene rings is 2. The van der Waals surface area contributed by atoms with Gasteiger partial charge in [0, 0.05) is 37.1 Å². The summed E-state index contributed by atoms with van der Waals surface area (Å²) in [6, 6.07) is 15.5. The van der Waals surface area contributed by atoms with Crippen molar-refractivity contribution in [3.8, 4) is 11.5 Å². The third-order valence-electron chi connectivity index (χ3n) is 6.17. The number of nitrogens with two attached hydrogens (primary N) is 1. The molecule has 1 amide bonds. The van der Waals surface area contributed by atoms with Crippen molar-refractivity contribution < 1.29 is 14.3 Å². The fourth-order valence-corrected chi connectivity index (χ4v) is 5.41. The lowest BCUT2D eigenvalue weighted by atomic mass is 10.1. The summed E-state index contributed by atoms with van der Waals surface area (Å²) in [6.07, 6.45) is 1.63. The molecule has 1 fully saturated rings. The van der Waals surface area contributed by atoms with E-state index in [0.717, 1.165) is 44.2 Å². The Morgan fingerprint density at radius 3 is 2.57 bits per heavy atom. The number of nitrogen functional groups attached to an aromatic ring is 1. The van der Waals surface area contributed by atoms with E-state index in [2.05, 4.69) is 36.9 Å². The summed E-state index contributed by atoms with van der Waals surface area (Å²) in [5.74, 6) is 2.43. The Bertz CT molecular complexity index is 1390. The van der Waals surface area contributed by atoms with Crippen LogP contribution >= 0.6 is 27.3 Å². The summed E-state index contributed by atoms with van der Waals surface area (Å²) < 4.78 is 11.9. The number of thiazole rings is 1. The fourth-order valence-electron chi connectivity index (χ4n) is 4.21. The van der Waals surface area contributed by atoms with Crippen LogP contribution in [0, 0.1) is 0 Å². The molecule has 0 radical (unpaired) electrons. The van der Waals surface area contributed by atoms with Crippen molar-refractivity contribution in [1.29, 1.82) is 0 Å². The van der Waals surface area contributed by atoms with E-state index >= 15 is 0 Å². The van der Waals surface area contributed by atoms with Gasteiger partial charge in [-0.1, -0.05) is 39.4 Å². The molecule has 0 aliphatic carbocycles. The van der Waals surface area contributed by atoms with Gasteiger partial charge in [0.2, 0.25) is 5.95 Å². The van der Waals surface area contributed by atoms with Crippen molar-refractivity contribution in [3.05, 3.63) is 63.6 Å². The van der Waals surface area contributed by atoms with E-state index in [1.54, 1.807) is 18.4 Å². The van der Waals surface area contributed by atoms with Gasteiger partial charge >= 0.3 is 0 Å². The topological polar surface area (TPSA) is 107 Å². The molecule has 2 aromatic heterocycles. The van der Waals surface area contributed by atoms with E-state index in [9.17, 15) is 4.79 Å². The van der Waals surface area contributed by atoms with Gasteiger partial charge in [-0.15, -0.1) is 0 Å². The molecular weight excluding hydrogens is 556 g/mol. The lowest BCUT2D eigenvalue weighted by molar-refractivity contribution is -0.133. The predicted molar refractivity (Wildman–Crippen MR) is 148 cm³/mol. The van der Waals surface area contributed by atoms with Crippen molar-refractivity contribution >= 4 is 55.3 Å². The Labute approximate surface area is 227 Å². The SMILES string of the molecule is COc1cccc(CCc2nc3c(N4CCN(C(=O)COc5ccc(Br)cc5)CC4)nc(N)nc3s2)c1. The van der Waals surface area contributed by atoms with Crippen molar-refractivity contribution in [2.24, 2.45) is 0 Å². The molecule has 2 aromatic carbocycles. The van der Waals surface area contributed by atoms with Crippen molar-refractivity contribution in [2.45, 2.75) is 12.8 Å². The fraction of sp³-hybridized carbons (Fsp3) is 0.308. The van der Waals surface area contributed by atoms with Crippen LogP contribution in [0.3, 0.4) is 0 Å². The number of methoxy groups -OCH3 is 1. The molecule has 1 saturated heterocycles. The molecule has 0 spiro atoms. The van der Waals surface area contributed by atoms with Crippen LogP contribution in [0.2, 0.25) is 0 Å². The number of anilines is 2. The minimum Gasteiger partial charge on any atom is -0.497 e. The molecule has 192 valence electrons. The Hall–Kier alpha value is -3.44. The highest BCUT2D eigenvalue weighted by atomic mass is 79.9. The van der Waals surface area contributed by atoms with Gasteiger partial charge in [-0.3, -0.25) is 4.79 Å². The van der Waals surface area contributed by atoms with Crippen LogP contribution in [-0.4, -0.2) is 65.7 Å². The van der Waals surface area contributed by atoms with Gasteiger partial charge in [0.05, 0.1) is 12.1 Å². The first-order valence-electron chi connectivity index (χ1n) is 12.0. The second-order valence-corrected chi connectivity index (χ2v) is 10.6. The van der Waals surface area contributed by atoms with Gasteiger partial charge in [0.1, 0.15) is 17.0 Å². The maximum absolute atomic E-state index is 12.7. The van der Waals surface area contributed by atoms with E-state index in [1.807, 2.05) is 47.4 Å². The highest BCUT2D eigenvalue weighted by molar-refractivity contribution is 9.10. The standard InChI is InChI=1S/C26H27BrN6O3S/c1-35-20-4-2-3-17(15-20)5-10-21-29-23-24(30-26(28)31-25(23)37-21)33-13-11-32(12-14-33)22(34)16-36-19-8-6-18(27)7-9-19/h2-4,6-9,15H,5,10-14,16H2,1H3,(H2,28,30,31). The molecule has 0 saturated carbocycles. The number of fused-ring (bicyclic) bond motifs is 1. The summed E-state index contributed by atoms with van der Waals surface area (Å²) in [5, 5.41) is 0.984. The number of halogens is 1. The Kier molecular flexibility index (Phi) is 7.71. The largest absolute Gasteiger partial charge is 0.497 e. The lowest BCUT2D eigenvalue weighted by Gasteiger charge is -2.35. The van der Waals surface area contributed by atoms with Gasteiger partial charge in [-0.05, 0) is 48.4 Å². The molecule has 37 heavy (non-hydrogen) atoms. The summed E-state index contributed by atoms with van der Waals surface area (Å²) in [7, 11) is 1.67. The molecule has 11 heteroatoms. The van der Waals surface area contributed by atoms with Crippen LogP contribution in [0.15, 0.2) is 53.0 Å². The molecule has 3 heterocycles. The van der Waals surface area contributed by atoms with E-state index in [4.69, 9.17) is 20.2 Å². The van der Waals surface area contributed by atoms with Crippen molar-refractivity contribution in [1.82, 2.24) is 19.9 Å². The summed E-state index contributed by atoms with van der Waals surface area (Å²) >= 11 is 4.94. The number of rotatable bonds is 8. The number of carbonyl (C=O) groups is 1. The zero-order valence-electron chi connectivity index (χ0n) is 20.4. The molecular formula is C26H27BrN6O3S. The van der Waals surface area contributed by atoms with Gasteiger partial charge in [-0.25, -0.2) is 9.97 Å². The third-order valence-corrected chi connectivity index (χ3v) is 7.71. The van der Waals surface area contributed by atoms with Crippen LogP contribution in [0.25, 0.3) is 10.3 Å². The average molecular weight is 584 g/mol. The normalized spacial score (nSPS) is 13.7. The molecule has 1 aliphatic rings. The van der Waals surface area contributed by atoms with E-state index in [-0.39, 0.29) is 18.5 Å². The number of amides is 1. The van der Waals surface area contributed by atoms with Gasteiger partial charge in [-0.2, -0.15) is 4.98 Å². The first kappa shape index (κ1) is 25.2. The molecule has 0 atom stereocenters. The zero-order chi connectivity index (χ0) is 25.8. The van der Waals surface area contributed by atoms with Gasteiger partial charge < -0.3 is 25.0 Å². The summed E-state index contributed by atoms with van der Waals surface area (Å²) in [4.78, 5) is 31.2. The average Bonchev–Trinajstić information content (AvgIpc) is 3.34. The first-order chi connectivity index (χ1) is 18.0. The highest BCUT2D eigenvalue weighted by Gasteiger charge is 2.25. The number of hydrogen-bond donors (Lipinski definition) is 1. The minimum atomic E-state index is -0.0385. The summed E-state index contributed by atoms with van der Waals surface area (Å²) in [6.45, 7) is 2.41. The number of aryl methyl sites for hydroxylation is 2. The van der Waals surface area contributed by atoms with Gasteiger partial charge in [0.15, 0.2) is 17.3 Å². The maximum Gasteiger partial charge on any atom is 0.260 e. The second-order valence-electron chi connectivity index (χ2n) is 8.63. The van der Waals surface area contributed by atoms with E-state index in [1.165, 1.54) is 5.56 Å². The Morgan fingerprint density at radius 2 is 1.81 bits per heavy atom. The maximum atomic E-state index is 12.7. The molecule has 0 bridgehead atoms. The van der Waals surface area contributed by atoms with Crippen LogP contribution in [-0.2, 0) is 17.6 Å². The monoisotopic (exact) mass is 582 g/mol. The number of piperazine rings is 1. The van der Waals surface area contributed by atoms with Crippen LogP contribution < -0.4 is 20.1 Å². The predicted octanol–water partition coefficient (Wildman–Crippen LogP) is 3.95. The smallest absolute Gasteiger partial charge is 0.260 e. The Balaban J connectivity index is 1.22. The van der Waals surface area contributed by atoms with Crippen LogP contribution in [0.4, 0.5) is 11.8 Å². The molecule has 2 N–H and O–H groups in total. The molecule has 4 aromatic rings. The third kappa shape index (κ3) is 6.11. The molecule has 9 nitrogen and oxygen atoms in total. The lowest BCUT2D eigenvalue weighted by Crippen LogP contribution is -2.50. The molecule has 5 rings (SSSR count). The summed E-state index contributed by atoms with van der Waals surface area (Å²) in [5.41, 5.74) is 8.00. The number of aromatic nitrogens is 3. The number of hydrogen-bond acceptors (Lipinski definition) is 9. The van der Waals surface area contributed by atoms with Crippen LogP contribution in [0.5, 0.6) is 11.5 Å². The van der Waals surface area contributed by atoms with Gasteiger partial charge in [0.25, 0.3) is 5.91 Å². The second kappa shape index (κ2) is 11.3. The Morgan fingerprint density at radius 1 is 1.03 bits per heavy atom. The number of nitrogens with zero attached hydrogens (tertiary/aromatic N) is 5. The molecule has 0 unspecified atom stereocenters. The zero-order valence-corrected chi connectivity index (χ0v) is 22.8. The molecule has 1 aliphatic heterocycles. The van der Waals surface area contributed by atoms with E-state index in [0.29, 0.717) is 31.9 Å². The first-order valence-corrected chi connectivity index (χ1v) is 13.6. The quantitative estimate of drug-likeness (QED) is 0.333. The van der Waals surface area contributed by atoms with Crippen LogP contribution in [0.1, 0.15) is 10.6 Å². The number of ether oxygens (including phenoxy) is 2. The highest BCUT2D eigenvalue weighted by Crippen LogP contribution is 2.30. The van der Waals surface area contributed by atoms with Crippen molar-refractivity contribution in [2.75, 3.05) is 50.5 Å².